The zero-order valence-corrected chi connectivity index (χ0v) is 16.1. The van der Waals surface area contributed by atoms with Crippen molar-refractivity contribution in [1.82, 2.24) is 9.97 Å². The molecule has 0 saturated heterocycles. The predicted molar refractivity (Wildman–Crippen MR) is 104 cm³/mol. The number of nitrogens with zero attached hydrogens (tertiary/aromatic N) is 3. The summed E-state index contributed by atoms with van der Waals surface area (Å²) in [6, 6.07) is 9.80. The maximum atomic E-state index is 12.6. The summed E-state index contributed by atoms with van der Waals surface area (Å²) in [6.45, 7) is 3.97. The molecule has 1 atom stereocenters. The monoisotopic (exact) mass is 383 g/mol. The van der Waals surface area contributed by atoms with Crippen LogP contribution in [0, 0.1) is 13.8 Å². The number of benzene rings is 1. The first-order valence-electron chi connectivity index (χ1n) is 8.30. The molecule has 0 amide bonds. The first-order chi connectivity index (χ1) is 12.6. The minimum atomic E-state index is -0.523. The van der Waals surface area contributed by atoms with Crippen LogP contribution in [0.4, 0.5) is 0 Å². The van der Waals surface area contributed by atoms with E-state index in [1.807, 2.05) is 49.6 Å². The van der Waals surface area contributed by atoms with E-state index in [0.29, 0.717) is 6.42 Å². The maximum absolute atomic E-state index is 12.6. The lowest BCUT2D eigenvalue weighted by molar-refractivity contribution is -0.128. The maximum Gasteiger partial charge on any atom is 0.191 e. The summed E-state index contributed by atoms with van der Waals surface area (Å²) in [4.78, 5) is 28.1. The Morgan fingerprint density at radius 3 is 2.77 bits per heavy atom. The number of carbonyl (C=O) groups excluding carboxylic acids is 1. The van der Waals surface area contributed by atoms with Gasteiger partial charge in [-0.05, 0) is 19.4 Å². The van der Waals surface area contributed by atoms with Gasteiger partial charge in [-0.15, -0.1) is 22.7 Å². The van der Waals surface area contributed by atoms with E-state index < -0.39 is 6.10 Å². The first kappa shape index (κ1) is 17.1. The summed E-state index contributed by atoms with van der Waals surface area (Å²) in [5, 5.41) is 7.90. The molecule has 5 nitrogen and oxygen atoms in total. The van der Waals surface area contributed by atoms with Crippen molar-refractivity contribution in [2.45, 2.75) is 32.8 Å². The number of carbonyl (C=O) groups is 1. The van der Waals surface area contributed by atoms with Crippen LogP contribution in [0.25, 0.3) is 10.6 Å². The van der Waals surface area contributed by atoms with Gasteiger partial charge in [-0.25, -0.2) is 9.97 Å². The fourth-order valence-corrected chi connectivity index (χ4v) is 4.63. The fraction of sp³-hybridized carbons (Fsp3) is 0.263. The number of hydrogen-bond donors (Lipinski definition) is 0. The van der Waals surface area contributed by atoms with E-state index in [4.69, 9.17) is 4.84 Å². The van der Waals surface area contributed by atoms with E-state index in [1.54, 1.807) is 11.3 Å². The fourth-order valence-electron chi connectivity index (χ4n) is 2.88. The summed E-state index contributed by atoms with van der Waals surface area (Å²) in [6.07, 6.45) is 0.253. The van der Waals surface area contributed by atoms with Crippen molar-refractivity contribution in [2.75, 3.05) is 0 Å². The Morgan fingerprint density at radius 2 is 2.04 bits per heavy atom. The van der Waals surface area contributed by atoms with Gasteiger partial charge in [0.25, 0.3) is 0 Å². The third-order valence-electron chi connectivity index (χ3n) is 4.15. The number of rotatable bonds is 5. The normalized spacial score (nSPS) is 16.4. The molecule has 1 aliphatic heterocycles. The molecular weight excluding hydrogens is 366 g/mol. The second-order valence-electron chi connectivity index (χ2n) is 6.12. The number of Topliss-reactive ketones (excluding diaryl/α,β-unsaturated/α-hetero) is 1. The van der Waals surface area contributed by atoms with Gasteiger partial charge in [-0.3, -0.25) is 4.79 Å². The molecule has 0 N–H and O–H groups in total. The largest absolute Gasteiger partial charge is 0.384 e. The minimum absolute atomic E-state index is 0.0118. The van der Waals surface area contributed by atoms with Gasteiger partial charge in [0.15, 0.2) is 11.9 Å². The van der Waals surface area contributed by atoms with Gasteiger partial charge in [-0.2, -0.15) is 0 Å². The van der Waals surface area contributed by atoms with Crippen LogP contribution < -0.4 is 0 Å². The number of thiazole rings is 2. The van der Waals surface area contributed by atoms with Crippen molar-refractivity contribution < 1.29 is 9.63 Å². The minimum Gasteiger partial charge on any atom is -0.384 e. The summed E-state index contributed by atoms with van der Waals surface area (Å²) < 4.78 is 0. The Morgan fingerprint density at radius 1 is 1.23 bits per heavy atom. The van der Waals surface area contributed by atoms with Gasteiger partial charge in [0, 0.05) is 11.8 Å². The third-order valence-corrected chi connectivity index (χ3v) is 6.09. The lowest BCUT2D eigenvalue weighted by Gasteiger charge is -2.05. The molecular formula is C19H17N3O2S2. The lowest BCUT2D eigenvalue weighted by atomic mass is 10.0. The zero-order chi connectivity index (χ0) is 18.1. The van der Waals surface area contributed by atoms with Crippen LogP contribution in [0.2, 0.25) is 0 Å². The van der Waals surface area contributed by atoms with E-state index in [9.17, 15) is 4.79 Å². The zero-order valence-electron chi connectivity index (χ0n) is 14.4. The topological polar surface area (TPSA) is 64.4 Å². The van der Waals surface area contributed by atoms with E-state index in [0.717, 1.165) is 37.6 Å². The molecule has 132 valence electrons. The van der Waals surface area contributed by atoms with Crippen LogP contribution in [0.15, 0.2) is 40.9 Å². The molecule has 0 aliphatic carbocycles. The Bertz CT molecular complexity index is 976. The van der Waals surface area contributed by atoms with Gasteiger partial charge in [0.1, 0.15) is 5.01 Å². The molecule has 3 heterocycles. The highest BCUT2D eigenvalue weighted by atomic mass is 32.1. The Balaban J connectivity index is 1.41. The molecule has 1 aliphatic rings. The quantitative estimate of drug-likeness (QED) is 0.663. The highest BCUT2D eigenvalue weighted by Crippen LogP contribution is 2.31. The Labute approximate surface area is 159 Å². The van der Waals surface area contributed by atoms with Crippen LogP contribution in [0.5, 0.6) is 0 Å². The molecule has 3 aromatic rings. The van der Waals surface area contributed by atoms with Gasteiger partial charge in [0.05, 0.1) is 33.4 Å². The van der Waals surface area contributed by atoms with E-state index >= 15 is 0 Å². The SMILES string of the molecule is Cc1nc(C)c(-c2csc(CC(=O)C3CC(c4ccccc4)=NO3)n2)s1. The molecule has 1 aromatic carbocycles. The number of aromatic nitrogens is 2. The van der Waals surface area contributed by atoms with Crippen molar-refractivity contribution in [1.29, 1.82) is 0 Å². The average Bonchev–Trinajstić information content (AvgIpc) is 3.35. The summed E-state index contributed by atoms with van der Waals surface area (Å²) in [5.74, 6) is 0.0118. The second kappa shape index (κ2) is 7.09. The molecule has 7 heteroatoms. The lowest BCUT2D eigenvalue weighted by Crippen LogP contribution is -2.22. The van der Waals surface area contributed by atoms with E-state index in [1.165, 1.54) is 11.3 Å². The number of ketones is 1. The molecule has 0 fully saturated rings. The smallest absolute Gasteiger partial charge is 0.191 e. The van der Waals surface area contributed by atoms with Gasteiger partial charge in [-0.1, -0.05) is 35.5 Å². The highest BCUT2D eigenvalue weighted by Gasteiger charge is 2.29. The Hall–Kier alpha value is -2.38. The van der Waals surface area contributed by atoms with E-state index in [-0.39, 0.29) is 12.2 Å². The summed E-state index contributed by atoms with van der Waals surface area (Å²) >= 11 is 3.13. The molecule has 2 aromatic heterocycles. The van der Waals surface area contributed by atoms with Crippen LogP contribution >= 0.6 is 22.7 Å². The third kappa shape index (κ3) is 3.45. The molecule has 1 unspecified atom stereocenters. The Kier molecular flexibility index (Phi) is 4.65. The van der Waals surface area contributed by atoms with Crippen LogP contribution in [-0.4, -0.2) is 27.6 Å². The summed E-state index contributed by atoms with van der Waals surface area (Å²) in [7, 11) is 0. The van der Waals surface area contributed by atoms with Gasteiger partial charge < -0.3 is 4.84 Å². The van der Waals surface area contributed by atoms with Crippen LogP contribution in [0.1, 0.15) is 27.7 Å². The first-order valence-corrected chi connectivity index (χ1v) is 9.99. The van der Waals surface area contributed by atoms with Crippen molar-refractivity contribution >= 4 is 34.2 Å². The van der Waals surface area contributed by atoms with Crippen molar-refractivity contribution in [2.24, 2.45) is 5.16 Å². The molecule has 26 heavy (non-hydrogen) atoms. The van der Waals surface area contributed by atoms with Crippen molar-refractivity contribution in [3.63, 3.8) is 0 Å². The van der Waals surface area contributed by atoms with Crippen molar-refractivity contribution in [3.8, 4) is 10.6 Å². The van der Waals surface area contributed by atoms with Crippen molar-refractivity contribution in [3.05, 3.63) is 57.0 Å². The summed E-state index contributed by atoms with van der Waals surface area (Å²) in [5.41, 5.74) is 3.69. The number of oxime groups is 1. The molecule has 0 radical (unpaired) electrons. The second-order valence-corrected chi connectivity index (χ2v) is 8.27. The number of aryl methyl sites for hydroxylation is 2. The number of hydrogen-bond acceptors (Lipinski definition) is 7. The molecule has 0 bridgehead atoms. The van der Waals surface area contributed by atoms with Crippen LogP contribution in [0.3, 0.4) is 0 Å². The average molecular weight is 383 g/mol. The van der Waals surface area contributed by atoms with E-state index in [2.05, 4.69) is 15.1 Å². The predicted octanol–water partition coefficient (Wildman–Crippen LogP) is 4.19. The van der Waals surface area contributed by atoms with Gasteiger partial charge in [0.2, 0.25) is 0 Å². The molecule has 0 saturated carbocycles. The van der Waals surface area contributed by atoms with Crippen LogP contribution in [-0.2, 0) is 16.1 Å². The molecule has 4 rings (SSSR count). The molecule has 0 spiro atoms. The standard InChI is InChI=1S/C19H17N3O2S2/c1-11-19(26-12(2)20-11)15-10-25-18(21-15)9-16(23)17-8-14(22-24-17)13-6-4-3-5-7-13/h3-7,10,17H,8-9H2,1-2H3. The highest BCUT2D eigenvalue weighted by molar-refractivity contribution is 7.16. The van der Waals surface area contributed by atoms with Gasteiger partial charge >= 0.3 is 0 Å².